The van der Waals surface area contributed by atoms with Crippen molar-refractivity contribution in [1.82, 2.24) is 0 Å². The molecular formula is C132H120. The highest BCUT2D eigenvalue weighted by Gasteiger charge is 2.43. The van der Waals surface area contributed by atoms with Crippen LogP contribution >= 0.6 is 0 Å². The number of benzene rings is 18. The van der Waals surface area contributed by atoms with Gasteiger partial charge in [-0.05, 0) is 271 Å². The van der Waals surface area contributed by atoms with Crippen LogP contribution in [0.15, 0.2) is 400 Å². The van der Waals surface area contributed by atoms with E-state index < -0.39 is 0 Å². The number of hydrogen-bond acceptors (Lipinski definition) is 0. The molecule has 6 aliphatic rings. The molecule has 18 aromatic rings. The van der Waals surface area contributed by atoms with E-state index >= 15 is 0 Å². The average molecular weight is 1710 g/mol. The maximum Gasteiger partial charge on any atom is 0.0161 e. The van der Waals surface area contributed by atoms with Crippen LogP contribution in [0.1, 0.15) is 183 Å². The number of fused-ring (bicyclic) bond motifs is 18. The Kier molecular flexibility index (Phi) is 22.7. The predicted octanol–water partition coefficient (Wildman–Crippen LogP) is 35.8. The Morgan fingerprint density at radius 2 is 0.424 bits per heavy atom. The van der Waals surface area contributed by atoms with E-state index in [0.717, 1.165) is 0 Å². The zero-order valence-corrected chi connectivity index (χ0v) is 80.1. The molecule has 0 unspecified atom stereocenters. The molecule has 0 aromatic heterocycles. The van der Waals surface area contributed by atoms with Crippen LogP contribution in [-0.2, 0) is 32.5 Å². The topological polar surface area (TPSA) is 0 Å². The van der Waals surface area contributed by atoms with Gasteiger partial charge in [0.1, 0.15) is 0 Å². The first-order valence-corrected chi connectivity index (χ1v) is 47.4. The van der Waals surface area contributed by atoms with E-state index in [0.29, 0.717) is 0 Å². The summed E-state index contributed by atoms with van der Waals surface area (Å²) in [5, 5.41) is 0. The molecule has 0 radical (unpaired) electrons. The maximum absolute atomic E-state index is 2.39. The van der Waals surface area contributed by atoms with Gasteiger partial charge in [-0.2, -0.15) is 0 Å². The van der Waals surface area contributed by atoms with Gasteiger partial charge in [0, 0.05) is 32.5 Å². The van der Waals surface area contributed by atoms with Gasteiger partial charge in [-0.1, -0.05) is 488 Å². The minimum absolute atomic E-state index is 0.0702. The lowest BCUT2D eigenvalue weighted by molar-refractivity contribution is 0.656. The summed E-state index contributed by atoms with van der Waals surface area (Å²) in [4.78, 5) is 0. The highest BCUT2D eigenvalue weighted by molar-refractivity contribution is 5.98. The van der Waals surface area contributed by atoms with Crippen molar-refractivity contribution in [1.29, 1.82) is 0 Å². The first kappa shape index (κ1) is 87.3. The highest BCUT2D eigenvalue weighted by atomic mass is 14.5. The Hall–Kier alpha value is -14.0. The van der Waals surface area contributed by atoms with Gasteiger partial charge in [0.15, 0.2) is 0 Å². The highest BCUT2D eigenvalue weighted by Crippen LogP contribution is 2.59. The van der Waals surface area contributed by atoms with Crippen molar-refractivity contribution in [2.24, 2.45) is 0 Å². The van der Waals surface area contributed by atoms with E-state index in [1.807, 2.05) is 0 Å². The molecule has 0 fully saturated rings. The zero-order valence-electron chi connectivity index (χ0n) is 80.1. The summed E-state index contributed by atoms with van der Waals surface area (Å²) in [6.45, 7) is 41.1. The lowest BCUT2D eigenvalue weighted by Crippen LogP contribution is -2.16. The van der Waals surface area contributed by atoms with E-state index in [1.54, 1.807) is 0 Å². The van der Waals surface area contributed by atoms with Gasteiger partial charge in [0.25, 0.3) is 0 Å². The molecule has 0 saturated heterocycles. The normalized spacial score (nSPS) is 14.5. The molecule has 0 nitrogen and oxygen atoms in total. The van der Waals surface area contributed by atoms with E-state index in [9.17, 15) is 0 Å². The molecule has 0 heterocycles. The first-order valence-electron chi connectivity index (χ1n) is 47.4. The standard InChI is InChI=1S/6C22H20/c1-15-8-6-9-16(14-15)17-11-7-13-20-21(17)18-10-4-5-12-19(18)22(20,2)3;1-15-9-4-5-10-16(15)17-12-8-14-20-21(17)18-11-6-7-13-19(18)22(20,2)3;1-15-8-4-5-9-17(15)16-12-13-19-18-10-6-7-11-20(18)22(2,3)21(19)14-16;1-15-11-13-16(14-12-15)17-8-6-10-20-21(17)18-7-4-5-9-19(18)22(20,2)3;1-15-13-14-17(16-9-5-4-6-10-16)20-18-11-7-8-12-19(18)22(2,3)21(15)20;1-15-9-12-20-19(13-15)18-11-10-17(14-21(18)22(20,2)3)16-7-5-4-6-8-16/h6*4-14H,1-3H3. The molecule has 0 bridgehead atoms. The molecular weight excluding hydrogens is 1590 g/mol. The van der Waals surface area contributed by atoms with E-state index in [1.165, 1.54) is 234 Å². The third-order valence-corrected chi connectivity index (χ3v) is 29.9. The molecule has 0 aliphatic heterocycles. The first-order chi connectivity index (χ1) is 63.5. The van der Waals surface area contributed by atoms with Gasteiger partial charge in [-0.15, -0.1) is 0 Å². The number of rotatable bonds is 6. The van der Waals surface area contributed by atoms with Crippen LogP contribution in [0.25, 0.3) is 134 Å². The van der Waals surface area contributed by atoms with Crippen LogP contribution in [-0.4, -0.2) is 0 Å². The number of aryl methyl sites for hydroxylation is 6. The minimum Gasteiger partial charge on any atom is -0.0622 e. The van der Waals surface area contributed by atoms with Gasteiger partial charge in [0.2, 0.25) is 0 Å². The van der Waals surface area contributed by atoms with Gasteiger partial charge < -0.3 is 0 Å². The summed E-state index contributed by atoms with van der Waals surface area (Å²) in [5.41, 5.74) is 58.4. The smallest absolute Gasteiger partial charge is 0.0161 e. The van der Waals surface area contributed by atoms with Crippen molar-refractivity contribution in [3.63, 3.8) is 0 Å². The Balaban J connectivity index is 0.000000102. The lowest BCUT2D eigenvalue weighted by Gasteiger charge is -2.24. The molecule has 0 spiro atoms. The molecule has 6 aliphatic carbocycles. The van der Waals surface area contributed by atoms with Crippen LogP contribution in [0, 0.1) is 41.5 Å². The van der Waals surface area contributed by atoms with Crippen LogP contribution in [0.5, 0.6) is 0 Å². The molecule has 0 atom stereocenters. The summed E-state index contributed by atoms with van der Waals surface area (Å²) in [6, 6.07) is 146. The molecule has 0 saturated carbocycles. The second-order valence-electron chi connectivity index (χ2n) is 40.5. The Morgan fingerprint density at radius 1 is 0.129 bits per heavy atom. The molecule has 648 valence electrons. The third kappa shape index (κ3) is 15.3. The molecule has 24 rings (SSSR count). The van der Waals surface area contributed by atoms with E-state index in [2.05, 4.69) is 525 Å². The van der Waals surface area contributed by atoms with Crippen molar-refractivity contribution >= 4 is 0 Å². The van der Waals surface area contributed by atoms with Crippen molar-refractivity contribution in [3.8, 4) is 134 Å². The predicted molar refractivity (Wildman–Crippen MR) is 565 cm³/mol. The summed E-state index contributed by atoms with van der Waals surface area (Å²) in [6.07, 6.45) is 0. The Labute approximate surface area is 785 Å². The largest absolute Gasteiger partial charge is 0.0622 e. The van der Waals surface area contributed by atoms with Crippen LogP contribution in [0.2, 0.25) is 0 Å². The Bertz CT molecular complexity index is 7460. The maximum atomic E-state index is 2.39. The van der Waals surface area contributed by atoms with Gasteiger partial charge in [-0.25, -0.2) is 0 Å². The molecule has 18 aromatic carbocycles. The fourth-order valence-electron chi connectivity index (χ4n) is 22.9. The molecule has 0 N–H and O–H groups in total. The fourth-order valence-corrected chi connectivity index (χ4v) is 22.9. The quantitative estimate of drug-likeness (QED) is 0.156. The van der Waals surface area contributed by atoms with Crippen LogP contribution < -0.4 is 0 Å². The van der Waals surface area contributed by atoms with Crippen molar-refractivity contribution in [2.45, 2.75) is 157 Å². The lowest BCUT2D eigenvalue weighted by atomic mass is 9.79. The van der Waals surface area contributed by atoms with E-state index in [4.69, 9.17) is 0 Å². The SMILES string of the molecule is Cc1ccc(-c2cccc3c2-c2ccccc2C3(C)C)cc1.Cc1ccc(-c2ccccc2)c2c1C(C)(C)c1ccccc1-2.Cc1ccc2c(c1)-c1ccc(-c3ccccc3)cc1C2(C)C.Cc1cccc(-c2cccc3c2-c2ccccc2C3(C)C)c1.Cc1ccccc1-c1ccc2c(c1)C(C)(C)c1ccccc1-2.Cc1ccccc1-c1cccc2c1-c1ccccc1C2(C)C. The molecule has 0 amide bonds. The zero-order chi connectivity index (χ0) is 91.9. The van der Waals surface area contributed by atoms with E-state index in [-0.39, 0.29) is 32.5 Å². The second kappa shape index (κ2) is 34.4. The summed E-state index contributed by atoms with van der Waals surface area (Å²) >= 11 is 0. The monoisotopic (exact) mass is 1700 g/mol. The third-order valence-electron chi connectivity index (χ3n) is 29.9. The summed E-state index contributed by atoms with van der Waals surface area (Å²) < 4.78 is 0. The van der Waals surface area contributed by atoms with Crippen LogP contribution in [0.4, 0.5) is 0 Å². The summed E-state index contributed by atoms with van der Waals surface area (Å²) in [7, 11) is 0. The van der Waals surface area contributed by atoms with Crippen molar-refractivity contribution in [3.05, 3.63) is 501 Å². The van der Waals surface area contributed by atoms with Crippen LogP contribution in [0.3, 0.4) is 0 Å². The minimum atomic E-state index is 0.0702. The van der Waals surface area contributed by atoms with Gasteiger partial charge >= 0.3 is 0 Å². The van der Waals surface area contributed by atoms with Crippen molar-refractivity contribution < 1.29 is 0 Å². The second-order valence-corrected chi connectivity index (χ2v) is 40.5. The fraction of sp³-hybridized carbons (Fsp3) is 0.182. The molecule has 0 heteroatoms. The van der Waals surface area contributed by atoms with Gasteiger partial charge in [-0.3, -0.25) is 0 Å². The average Bonchev–Trinajstić information content (AvgIpc) is 1.59. The summed E-state index contributed by atoms with van der Waals surface area (Å²) in [5.74, 6) is 0. The number of hydrogen-bond donors (Lipinski definition) is 0. The van der Waals surface area contributed by atoms with Gasteiger partial charge in [0.05, 0.1) is 0 Å². The Morgan fingerprint density at radius 3 is 0.932 bits per heavy atom. The molecule has 132 heavy (non-hydrogen) atoms. The van der Waals surface area contributed by atoms with Crippen molar-refractivity contribution in [2.75, 3.05) is 0 Å².